The SMILES string of the molecule is Cc1nnc2n1-c1sc3c(c1C(c1ccccc1Cl)=NC21CC1)C[C@H](CC(=O)N[C@@H]1CCc2cc(C#N)ccc21)C3. The van der Waals surface area contributed by atoms with Crippen molar-refractivity contribution in [3.63, 3.8) is 0 Å². The van der Waals surface area contributed by atoms with Crippen molar-refractivity contribution >= 4 is 34.6 Å². The maximum Gasteiger partial charge on any atom is 0.220 e. The van der Waals surface area contributed by atoms with E-state index in [-0.39, 0.29) is 23.4 Å². The third-order valence-electron chi connectivity index (χ3n) is 9.06. The lowest BCUT2D eigenvalue weighted by Gasteiger charge is -2.17. The number of nitrogens with one attached hydrogen (secondary N) is 1. The predicted octanol–water partition coefficient (Wildman–Crippen LogP) is 5.91. The number of carbonyl (C=O) groups is 1. The van der Waals surface area contributed by atoms with Crippen LogP contribution in [0, 0.1) is 24.2 Å². The molecule has 9 heteroatoms. The van der Waals surface area contributed by atoms with E-state index in [2.05, 4.69) is 32.2 Å². The van der Waals surface area contributed by atoms with Gasteiger partial charge in [0.15, 0.2) is 5.82 Å². The minimum Gasteiger partial charge on any atom is -0.349 e. The highest BCUT2D eigenvalue weighted by molar-refractivity contribution is 7.15. The molecule has 0 bridgehead atoms. The lowest BCUT2D eigenvalue weighted by Crippen LogP contribution is -2.29. The summed E-state index contributed by atoms with van der Waals surface area (Å²) in [7, 11) is 0. The zero-order valence-electron chi connectivity index (χ0n) is 22.6. The van der Waals surface area contributed by atoms with Crippen LogP contribution in [-0.4, -0.2) is 26.4 Å². The maximum atomic E-state index is 13.3. The Labute approximate surface area is 246 Å². The Morgan fingerprint density at radius 1 is 1.22 bits per heavy atom. The van der Waals surface area contributed by atoms with Gasteiger partial charge in [0.2, 0.25) is 5.91 Å². The number of nitrogens with zero attached hydrogens (tertiary/aromatic N) is 5. The van der Waals surface area contributed by atoms with Crippen molar-refractivity contribution in [2.24, 2.45) is 10.9 Å². The van der Waals surface area contributed by atoms with Gasteiger partial charge in [-0.1, -0.05) is 35.9 Å². The van der Waals surface area contributed by atoms with Crippen LogP contribution < -0.4 is 5.32 Å². The van der Waals surface area contributed by atoms with Gasteiger partial charge >= 0.3 is 0 Å². The van der Waals surface area contributed by atoms with E-state index in [1.54, 1.807) is 11.3 Å². The fraction of sp³-hybridized carbons (Fsp3) is 0.344. The summed E-state index contributed by atoms with van der Waals surface area (Å²) in [6, 6.07) is 16.0. The zero-order chi connectivity index (χ0) is 27.9. The van der Waals surface area contributed by atoms with E-state index in [9.17, 15) is 10.1 Å². The summed E-state index contributed by atoms with van der Waals surface area (Å²) in [5.41, 5.74) is 6.93. The van der Waals surface area contributed by atoms with Crippen LogP contribution in [0.2, 0.25) is 5.02 Å². The molecular formula is C32H27ClN6OS. The first-order chi connectivity index (χ1) is 19.9. The molecule has 1 fully saturated rings. The van der Waals surface area contributed by atoms with Gasteiger partial charge in [-0.3, -0.25) is 14.4 Å². The second-order valence-corrected chi connectivity index (χ2v) is 13.2. The van der Waals surface area contributed by atoms with Crippen molar-refractivity contribution < 1.29 is 4.79 Å². The van der Waals surface area contributed by atoms with Crippen molar-refractivity contribution in [3.05, 3.63) is 97.4 Å². The second kappa shape index (κ2) is 9.10. The van der Waals surface area contributed by atoms with Gasteiger partial charge in [0.25, 0.3) is 0 Å². The van der Waals surface area contributed by atoms with Gasteiger partial charge in [0.05, 0.1) is 23.4 Å². The smallest absolute Gasteiger partial charge is 0.220 e. The molecule has 0 radical (unpaired) electrons. The summed E-state index contributed by atoms with van der Waals surface area (Å²) in [5, 5.41) is 23.4. The number of aliphatic imine (C=N–C) groups is 1. The quantitative estimate of drug-likeness (QED) is 0.325. The Morgan fingerprint density at radius 3 is 2.88 bits per heavy atom. The molecule has 1 spiro atoms. The molecule has 4 aromatic rings. The van der Waals surface area contributed by atoms with Crippen LogP contribution in [0.25, 0.3) is 5.00 Å². The summed E-state index contributed by atoms with van der Waals surface area (Å²) in [6.45, 7) is 2.01. The zero-order valence-corrected chi connectivity index (χ0v) is 24.1. The number of rotatable bonds is 4. The van der Waals surface area contributed by atoms with E-state index in [4.69, 9.17) is 16.6 Å². The first-order valence-electron chi connectivity index (χ1n) is 14.2. The molecule has 2 aromatic heterocycles. The average Bonchev–Trinajstić information content (AvgIpc) is 3.21. The number of aromatic nitrogens is 3. The third kappa shape index (κ3) is 3.90. The van der Waals surface area contributed by atoms with Gasteiger partial charge < -0.3 is 5.32 Å². The standard InChI is InChI=1S/C32H27ClN6OS/c1-17-37-38-31-32(10-11-32)36-29(22-4-2-3-5-24(22)33)28-23-13-19(14-26(23)41-30(28)39(17)31)15-27(40)35-25-9-7-20-12-18(16-34)6-8-21(20)25/h2-6,8,12,19,25H,7,9-11,13-15H2,1H3,(H,35,40)/t19-,25+/m0/s1. The van der Waals surface area contributed by atoms with Gasteiger partial charge in [0, 0.05) is 27.4 Å². The lowest BCUT2D eigenvalue weighted by atomic mass is 9.96. The number of hydrogen-bond donors (Lipinski definition) is 1. The molecule has 1 amide bonds. The number of carbonyl (C=O) groups excluding carboxylic acids is 1. The number of hydrogen-bond acceptors (Lipinski definition) is 6. The summed E-state index contributed by atoms with van der Waals surface area (Å²) in [4.78, 5) is 20.0. The van der Waals surface area contributed by atoms with E-state index >= 15 is 0 Å². The van der Waals surface area contributed by atoms with Crippen LogP contribution in [0.4, 0.5) is 0 Å². The monoisotopic (exact) mass is 578 g/mol. The third-order valence-corrected chi connectivity index (χ3v) is 10.6. The van der Waals surface area contributed by atoms with Gasteiger partial charge in [-0.2, -0.15) is 5.26 Å². The molecule has 2 atom stereocenters. The van der Waals surface area contributed by atoms with Crippen LogP contribution in [-0.2, 0) is 29.6 Å². The molecule has 1 aliphatic heterocycles. The van der Waals surface area contributed by atoms with Crippen LogP contribution in [0.15, 0.2) is 47.5 Å². The van der Waals surface area contributed by atoms with Crippen molar-refractivity contribution in [2.75, 3.05) is 0 Å². The Kier molecular flexibility index (Phi) is 5.54. The summed E-state index contributed by atoms with van der Waals surface area (Å²) in [5.74, 6) is 2.12. The number of benzene rings is 2. The van der Waals surface area contributed by atoms with Crippen molar-refractivity contribution in [2.45, 2.75) is 63.5 Å². The van der Waals surface area contributed by atoms with Crippen molar-refractivity contribution in [3.8, 4) is 11.1 Å². The highest BCUT2D eigenvalue weighted by Crippen LogP contribution is 2.54. The van der Waals surface area contributed by atoms with Crippen LogP contribution in [0.5, 0.6) is 0 Å². The molecule has 1 N–H and O–H groups in total. The van der Waals surface area contributed by atoms with E-state index in [0.717, 1.165) is 77.6 Å². The molecule has 204 valence electrons. The van der Waals surface area contributed by atoms with Crippen LogP contribution >= 0.6 is 22.9 Å². The molecular weight excluding hydrogens is 552 g/mol. The second-order valence-electron chi connectivity index (χ2n) is 11.7. The van der Waals surface area contributed by atoms with Gasteiger partial charge in [0.1, 0.15) is 16.4 Å². The van der Waals surface area contributed by atoms with Gasteiger partial charge in [-0.25, -0.2) is 0 Å². The molecule has 3 heterocycles. The fourth-order valence-electron chi connectivity index (χ4n) is 6.93. The number of thiophene rings is 1. The first-order valence-corrected chi connectivity index (χ1v) is 15.4. The van der Waals surface area contributed by atoms with E-state index in [1.165, 1.54) is 16.0 Å². The number of fused-ring (bicyclic) bond motifs is 7. The van der Waals surface area contributed by atoms with Gasteiger partial charge in [-0.05, 0) is 86.3 Å². The molecule has 7 nitrogen and oxygen atoms in total. The van der Waals surface area contributed by atoms with E-state index in [1.807, 2.05) is 43.3 Å². The predicted molar refractivity (Wildman–Crippen MR) is 158 cm³/mol. The Balaban J connectivity index is 1.10. The van der Waals surface area contributed by atoms with Crippen molar-refractivity contribution in [1.29, 1.82) is 5.26 Å². The maximum absolute atomic E-state index is 13.3. The fourth-order valence-corrected chi connectivity index (χ4v) is 8.65. The molecule has 1 saturated carbocycles. The number of amides is 1. The number of halogens is 1. The molecule has 0 saturated heterocycles. The molecule has 0 unspecified atom stereocenters. The minimum absolute atomic E-state index is 0.0146. The summed E-state index contributed by atoms with van der Waals surface area (Å²) >= 11 is 8.57. The molecule has 2 aromatic carbocycles. The normalized spacial score (nSPS) is 20.9. The van der Waals surface area contributed by atoms with Gasteiger partial charge in [-0.15, -0.1) is 21.5 Å². The number of aryl methyl sites for hydroxylation is 2. The summed E-state index contributed by atoms with van der Waals surface area (Å²) < 4.78 is 2.22. The van der Waals surface area contributed by atoms with Crippen molar-refractivity contribution in [1.82, 2.24) is 20.1 Å². The van der Waals surface area contributed by atoms with E-state index < -0.39 is 0 Å². The number of nitriles is 1. The highest BCUT2D eigenvalue weighted by Gasteiger charge is 2.52. The lowest BCUT2D eigenvalue weighted by molar-refractivity contribution is -0.122. The van der Waals surface area contributed by atoms with Crippen LogP contribution in [0.3, 0.4) is 0 Å². The summed E-state index contributed by atoms with van der Waals surface area (Å²) in [6.07, 6.45) is 5.83. The largest absolute Gasteiger partial charge is 0.349 e. The molecule has 41 heavy (non-hydrogen) atoms. The topological polar surface area (TPSA) is 96.0 Å². The Bertz CT molecular complexity index is 1840. The molecule has 8 rings (SSSR count). The van der Waals surface area contributed by atoms with E-state index in [0.29, 0.717) is 17.0 Å². The Hall–Kier alpha value is -3.80. The molecule has 3 aliphatic carbocycles. The van der Waals surface area contributed by atoms with Crippen LogP contribution in [0.1, 0.15) is 81.6 Å². The first kappa shape index (κ1) is 25.0. The Morgan fingerprint density at radius 2 is 2.07 bits per heavy atom. The highest BCUT2D eigenvalue weighted by atomic mass is 35.5. The average molecular weight is 579 g/mol. The minimum atomic E-state index is -0.356. The molecule has 4 aliphatic rings.